The molecule has 1 saturated heterocycles. The third kappa shape index (κ3) is 9.71. The summed E-state index contributed by atoms with van der Waals surface area (Å²) < 4.78 is 119. The molecule has 1 aromatic heterocycles. The van der Waals surface area contributed by atoms with Gasteiger partial charge in [0.1, 0.15) is 5.82 Å². The van der Waals surface area contributed by atoms with Gasteiger partial charge in [0.05, 0.1) is 50.1 Å². The van der Waals surface area contributed by atoms with E-state index in [2.05, 4.69) is 10.1 Å². The SMILES string of the molecule is O=c1[nH]c(CN2CCO[C@H](OCc3cc(C(F)(F)F)cc(C(F)(F)F)c3)[C@@H]2c2ccccc2)nn1P(=O)(OCc1ccccc1)OCc1ccccc1. The second kappa shape index (κ2) is 16.2. The predicted octanol–water partition coefficient (Wildman–Crippen LogP) is 8.12. The van der Waals surface area contributed by atoms with E-state index in [4.69, 9.17) is 18.5 Å². The van der Waals surface area contributed by atoms with Gasteiger partial charge in [-0.05, 0) is 40.5 Å². The van der Waals surface area contributed by atoms with Crippen molar-refractivity contribution in [2.45, 2.75) is 51.0 Å². The van der Waals surface area contributed by atoms with Gasteiger partial charge in [-0.2, -0.15) is 26.3 Å². The summed E-state index contributed by atoms with van der Waals surface area (Å²) in [6.45, 7) is -0.713. The van der Waals surface area contributed by atoms with Crippen LogP contribution < -0.4 is 5.69 Å². The van der Waals surface area contributed by atoms with Gasteiger partial charge in [-0.1, -0.05) is 91.0 Å². The minimum absolute atomic E-state index is 0.0489. The van der Waals surface area contributed by atoms with Crippen LogP contribution in [0, 0.1) is 0 Å². The fraction of sp³-hybridized carbons (Fsp3) is 0.278. The molecule has 6 rings (SSSR count). The highest BCUT2D eigenvalue weighted by Gasteiger charge is 2.39. The number of nitrogens with one attached hydrogen (secondary N) is 1. The summed E-state index contributed by atoms with van der Waals surface area (Å²) in [6.07, 6.45) is -11.2. The number of hydrogen-bond donors (Lipinski definition) is 1. The molecule has 1 aliphatic rings. The van der Waals surface area contributed by atoms with Crippen molar-refractivity contribution >= 4 is 7.75 Å². The van der Waals surface area contributed by atoms with Crippen molar-refractivity contribution in [3.05, 3.63) is 159 Å². The molecule has 53 heavy (non-hydrogen) atoms. The average Bonchev–Trinajstić information content (AvgIpc) is 3.53. The number of benzene rings is 4. The maximum atomic E-state index is 14.3. The Labute approximate surface area is 299 Å². The highest BCUT2D eigenvalue weighted by Crippen LogP contribution is 2.49. The molecular formula is C36H33F6N4O6P. The van der Waals surface area contributed by atoms with Crippen molar-refractivity contribution in [2.24, 2.45) is 0 Å². The summed E-state index contributed by atoms with van der Waals surface area (Å²) >= 11 is 0. The Bertz CT molecular complexity index is 1980. The fourth-order valence-electron chi connectivity index (χ4n) is 5.70. The van der Waals surface area contributed by atoms with Gasteiger partial charge in [-0.25, -0.2) is 9.36 Å². The summed E-state index contributed by atoms with van der Waals surface area (Å²) in [4.78, 5) is 17.7. The fourth-order valence-corrected chi connectivity index (χ4v) is 7.11. The largest absolute Gasteiger partial charge is 0.460 e. The maximum absolute atomic E-state index is 14.3. The van der Waals surface area contributed by atoms with Gasteiger partial charge >= 0.3 is 25.8 Å². The Morgan fingerprint density at radius 1 is 0.755 bits per heavy atom. The Kier molecular flexibility index (Phi) is 11.7. The number of hydrogen-bond acceptors (Lipinski definition) is 8. The van der Waals surface area contributed by atoms with Crippen molar-refractivity contribution in [1.82, 2.24) is 19.4 Å². The molecule has 10 nitrogen and oxygen atoms in total. The molecule has 280 valence electrons. The monoisotopic (exact) mass is 762 g/mol. The van der Waals surface area contributed by atoms with E-state index in [0.29, 0.717) is 33.3 Å². The molecule has 0 unspecified atom stereocenters. The van der Waals surface area contributed by atoms with E-state index in [-0.39, 0.29) is 50.4 Å². The minimum atomic E-state index is -5.02. The topological polar surface area (TPSA) is 108 Å². The van der Waals surface area contributed by atoms with Gasteiger partial charge in [-0.3, -0.25) is 18.9 Å². The second-order valence-corrected chi connectivity index (χ2v) is 13.9. The van der Waals surface area contributed by atoms with Crippen LogP contribution in [0.2, 0.25) is 0 Å². The van der Waals surface area contributed by atoms with Crippen LogP contribution in [0.4, 0.5) is 26.3 Å². The van der Waals surface area contributed by atoms with Crippen LogP contribution in [0.25, 0.3) is 0 Å². The molecule has 5 aromatic rings. The van der Waals surface area contributed by atoms with Gasteiger partial charge in [-0.15, -0.1) is 9.55 Å². The lowest BCUT2D eigenvalue weighted by Crippen LogP contribution is -2.46. The molecule has 0 saturated carbocycles. The standard InChI is InChI=1S/C36H33F6N4O6P/c37-35(38,39)29-18-27(19-30(20-29)36(40,41)42)22-50-33-32(28-14-8-3-9-15-28)45(16-17-49-33)21-31-43-34(47)46(44-31)53(48,51-23-25-10-4-1-5-11-25)52-24-26-12-6-2-7-13-26/h1-15,18-20,32-33H,16-17,21-24H2,(H,43,44,47)/t32-,33+/m0/s1. The van der Waals surface area contributed by atoms with E-state index in [9.17, 15) is 35.7 Å². The van der Waals surface area contributed by atoms with Crippen LogP contribution in [0.1, 0.15) is 45.2 Å². The van der Waals surface area contributed by atoms with Gasteiger partial charge < -0.3 is 9.47 Å². The smallest absolute Gasteiger partial charge is 0.349 e. The zero-order valence-electron chi connectivity index (χ0n) is 27.8. The van der Waals surface area contributed by atoms with Crippen LogP contribution in [0.15, 0.2) is 114 Å². The highest BCUT2D eigenvalue weighted by atomic mass is 31.2. The molecule has 0 amide bonds. The molecule has 0 bridgehead atoms. The van der Waals surface area contributed by atoms with E-state index in [1.165, 1.54) is 0 Å². The number of morpholine rings is 1. The molecular weight excluding hydrogens is 729 g/mol. The molecule has 1 fully saturated rings. The number of ether oxygens (including phenoxy) is 2. The Balaban J connectivity index is 1.25. The van der Waals surface area contributed by atoms with Gasteiger partial charge in [0.2, 0.25) is 0 Å². The van der Waals surface area contributed by atoms with Crippen molar-refractivity contribution in [3.8, 4) is 0 Å². The predicted molar refractivity (Wildman–Crippen MR) is 179 cm³/mol. The quantitative estimate of drug-likeness (QED) is 0.0948. The van der Waals surface area contributed by atoms with Crippen LogP contribution in [-0.4, -0.2) is 38.9 Å². The van der Waals surface area contributed by atoms with Crippen LogP contribution in [-0.2, 0) is 61.8 Å². The molecule has 0 aliphatic carbocycles. The van der Waals surface area contributed by atoms with Crippen LogP contribution >= 0.6 is 7.75 Å². The van der Waals surface area contributed by atoms with E-state index in [1.807, 2.05) is 0 Å². The highest BCUT2D eigenvalue weighted by molar-refractivity contribution is 7.51. The lowest BCUT2D eigenvalue weighted by Gasteiger charge is -2.40. The maximum Gasteiger partial charge on any atom is 0.460 e. The average molecular weight is 763 g/mol. The number of H-pyrrole nitrogens is 1. The molecule has 1 aliphatic heterocycles. The zero-order chi connectivity index (χ0) is 37.6. The van der Waals surface area contributed by atoms with Gasteiger partial charge in [0, 0.05) is 6.54 Å². The summed E-state index contributed by atoms with van der Waals surface area (Å²) in [5.74, 6) is 0.0659. The number of aromatic nitrogens is 3. The molecule has 2 atom stereocenters. The number of alkyl halides is 6. The Morgan fingerprint density at radius 3 is 1.81 bits per heavy atom. The first-order valence-electron chi connectivity index (χ1n) is 16.3. The minimum Gasteiger partial charge on any atom is -0.349 e. The number of halogens is 6. The first-order valence-corrected chi connectivity index (χ1v) is 17.7. The third-order valence-corrected chi connectivity index (χ3v) is 9.87. The lowest BCUT2D eigenvalue weighted by atomic mass is 10.0. The molecule has 1 N–H and O–H groups in total. The second-order valence-electron chi connectivity index (χ2n) is 12.0. The van der Waals surface area contributed by atoms with Crippen molar-refractivity contribution in [1.29, 1.82) is 0 Å². The van der Waals surface area contributed by atoms with E-state index < -0.39 is 55.9 Å². The summed E-state index contributed by atoms with van der Waals surface area (Å²) in [6, 6.07) is 26.9. The molecule has 0 radical (unpaired) electrons. The van der Waals surface area contributed by atoms with E-state index >= 15 is 0 Å². The summed E-state index contributed by atoms with van der Waals surface area (Å²) in [7, 11) is -4.40. The molecule has 4 aromatic carbocycles. The molecule has 0 spiro atoms. The van der Waals surface area contributed by atoms with Crippen LogP contribution in [0.5, 0.6) is 0 Å². The normalized spacial score (nSPS) is 17.2. The summed E-state index contributed by atoms with van der Waals surface area (Å²) in [5, 5.41) is 4.31. The number of aromatic amines is 1. The lowest BCUT2D eigenvalue weighted by molar-refractivity contribution is -0.218. The van der Waals surface area contributed by atoms with E-state index in [1.54, 1.807) is 95.9 Å². The Morgan fingerprint density at radius 2 is 1.28 bits per heavy atom. The number of nitrogens with zero attached hydrogens (tertiary/aromatic N) is 3. The molecule has 17 heteroatoms. The van der Waals surface area contributed by atoms with E-state index in [0.717, 1.165) is 0 Å². The first-order chi connectivity index (χ1) is 25.3. The summed E-state index contributed by atoms with van der Waals surface area (Å²) in [5.41, 5.74) is -2.17. The third-order valence-electron chi connectivity index (χ3n) is 8.22. The van der Waals surface area contributed by atoms with Crippen molar-refractivity contribution < 1.29 is 49.4 Å². The first kappa shape index (κ1) is 38.2. The van der Waals surface area contributed by atoms with Gasteiger partial charge in [0.25, 0.3) is 0 Å². The van der Waals surface area contributed by atoms with Crippen LogP contribution in [0.3, 0.4) is 0 Å². The number of rotatable bonds is 13. The van der Waals surface area contributed by atoms with Crippen molar-refractivity contribution in [3.63, 3.8) is 0 Å². The van der Waals surface area contributed by atoms with Crippen molar-refractivity contribution in [2.75, 3.05) is 13.2 Å². The zero-order valence-corrected chi connectivity index (χ0v) is 28.7. The molecule has 2 heterocycles. The Hall–Kier alpha value is -4.57. The van der Waals surface area contributed by atoms with Gasteiger partial charge in [0.15, 0.2) is 6.29 Å².